The van der Waals surface area contributed by atoms with Crippen molar-refractivity contribution in [2.24, 2.45) is 4.99 Å². The van der Waals surface area contributed by atoms with E-state index in [4.69, 9.17) is 0 Å². The van der Waals surface area contributed by atoms with Gasteiger partial charge in [-0.2, -0.15) is 11.8 Å². The van der Waals surface area contributed by atoms with Crippen LogP contribution < -0.4 is 10.6 Å². The van der Waals surface area contributed by atoms with Crippen molar-refractivity contribution in [2.45, 2.75) is 37.5 Å². The van der Waals surface area contributed by atoms with Gasteiger partial charge in [0, 0.05) is 24.8 Å². The van der Waals surface area contributed by atoms with E-state index in [1.54, 1.807) is 0 Å². The number of nitrogens with one attached hydrogen (secondary N) is 2. The summed E-state index contributed by atoms with van der Waals surface area (Å²) in [6.07, 6.45) is 2.80. The van der Waals surface area contributed by atoms with Gasteiger partial charge in [0.05, 0.1) is 12.6 Å². The quantitative estimate of drug-likeness (QED) is 0.341. The van der Waals surface area contributed by atoms with E-state index in [9.17, 15) is 5.11 Å². The van der Waals surface area contributed by atoms with Crippen LogP contribution in [0.4, 0.5) is 0 Å². The molecule has 2 rings (SSSR count). The lowest BCUT2D eigenvalue weighted by Crippen LogP contribution is -2.40. The summed E-state index contributed by atoms with van der Waals surface area (Å²) in [5.74, 6) is 2.08. The molecule has 130 valence electrons. The van der Waals surface area contributed by atoms with Gasteiger partial charge in [-0.1, -0.05) is 30.3 Å². The van der Waals surface area contributed by atoms with Gasteiger partial charge in [-0.15, -0.1) is 24.0 Å². The third-order valence-electron chi connectivity index (χ3n) is 3.64. The zero-order chi connectivity index (χ0) is 15.6. The number of aliphatic hydroxyl groups is 1. The Hall–Kier alpha value is -0.470. The van der Waals surface area contributed by atoms with Gasteiger partial charge < -0.3 is 15.7 Å². The van der Waals surface area contributed by atoms with Crippen LogP contribution in [0.2, 0.25) is 0 Å². The standard InChI is InChI=1S/C17H27N3OS.HI/c1-2-18-17(20-13-16-9-6-10-22-16)19-12-15(21)11-14-7-4-3-5-8-14;/h3-5,7-8,15-16,21H,2,6,9-13H2,1H3,(H2,18,19,20);1H. The van der Waals surface area contributed by atoms with Gasteiger partial charge in [0.1, 0.15) is 0 Å². The minimum atomic E-state index is -0.446. The number of rotatable bonds is 7. The molecule has 2 unspecified atom stereocenters. The van der Waals surface area contributed by atoms with Crippen LogP contribution in [-0.2, 0) is 6.42 Å². The van der Waals surface area contributed by atoms with Crippen LogP contribution in [0.15, 0.2) is 35.3 Å². The summed E-state index contributed by atoms with van der Waals surface area (Å²) < 4.78 is 0. The molecule has 0 saturated carbocycles. The lowest BCUT2D eigenvalue weighted by atomic mass is 10.1. The SMILES string of the molecule is CCNC(=NCC(O)Cc1ccccc1)NCC1CCCS1.I. The number of guanidine groups is 1. The lowest BCUT2D eigenvalue weighted by Gasteiger charge is -2.15. The minimum absolute atomic E-state index is 0. The molecule has 0 amide bonds. The number of halogens is 1. The highest BCUT2D eigenvalue weighted by Gasteiger charge is 2.15. The molecule has 1 aromatic carbocycles. The Morgan fingerprint density at radius 3 is 2.78 bits per heavy atom. The number of hydrogen-bond acceptors (Lipinski definition) is 3. The highest BCUT2D eigenvalue weighted by molar-refractivity contribution is 14.0. The number of thioether (sulfide) groups is 1. The van der Waals surface area contributed by atoms with Crippen LogP contribution in [0, 0.1) is 0 Å². The lowest BCUT2D eigenvalue weighted by molar-refractivity contribution is 0.183. The van der Waals surface area contributed by atoms with E-state index in [0.717, 1.165) is 24.6 Å². The fraction of sp³-hybridized carbons (Fsp3) is 0.588. The molecule has 1 aliphatic rings. The molecular weight excluding hydrogens is 421 g/mol. The number of hydrogen-bond donors (Lipinski definition) is 3. The molecule has 4 nitrogen and oxygen atoms in total. The summed E-state index contributed by atoms with van der Waals surface area (Å²) in [7, 11) is 0. The minimum Gasteiger partial charge on any atom is -0.391 e. The third-order valence-corrected chi connectivity index (χ3v) is 5.04. The number of benzene rings is 1. The normalized spacial score (nSPS) is 19.0. The Labute approximate surface area is 160 Å². The van der Waals surface area contributed by atoms with Crippen LogP contribution in [0.3, 0.4) is 0 Å². The maximum Gasteiger partial charge on any atom is 0.191 e. The molecule has 0 radical (unpaired) electrons. The van der Waals surface area contributed by atoms with Crippen LogP contribution in [0.5, 0.6) is 0 Å². The Balaban J connectivity index is 0.00000264. The Kier molecular flexibility index (Phi) is 10.7. The van der Waals surface area contributed by atoms with Gasteiger partial charge in [0.25, 0.3) is 0 Å². The molecular formula is C17H28IN3OS. The number of nitrogens with zero attached hydrogens (tertiary/aromatic N) is 1. The highest BCUT2D eigenvalue weighted by Crippen LogP contribution is 2.25. The summed E-state index contributed by atoms with van der Waals surface area (Å²) in [5.41, 5.74) is 1.14. The Morgan fingerprint density at radius 1 is 1.35 bits per heavy atom. The average molecular weight is 449 g/mol. The van der Waals surface area contributed by atoms with Gasteiger partial charge >= 0.3 is 0 Å². The molecule has 6 heteroatoms. The van der Waals surface area contributed by atoms with Crippen molar-refractivity contribution < 1.29 is 5.11 Å². The first-order valence-corrected chi connectivity index (χ1v) is 9.18. The molecule has 0 aliphatic carbocycles. The zero-order valence-corrected chi connectivity index (χ0v) is 16.8. The predicted molar refractivity (Wildman–Crippen MR) is 111 cm³/mol. The van der Waals surface area contributed by atoms with Crippen molar-refractivity contribution in [3.8, 4) is 0 Å². The molecule has 1 aromatic rings. The smallest absolute Gasteiger partial charge is 0.191 e. The first-order valence-electron chi connectivity index (χ1n) is 8.13. The highest BCUT2D eigenvalue weighted by atomic mass is 127. The molecule has 1 aliphatic heterocycles. The van der Waals surface area contributed by atoms with Crippen molar-refractivity contribution in [2.75, 3.05) is 25.4 Å². The molecule has 2 atom stereocenters. The van der Waals surface area contributed by atoms with Crippen molar-refractivity contribution in [1.82, 2.24) is 10.6 Å². The average Bonchev–Trinajstić information content (AvgIpc) is 3.04. The van der Waals surface area contributed by atoms with Crippen molar-refractivity contribution >= 4 is 41.7 Å². The first-order chi connectivity index (χ1) is 10.8. The maximum absolute atomic E-state index is 10.1. The molecule has 23 heavy (non-hydrogen) atoms. The molecule has 0 aromatic heterocycles. The van der Waals surface area contributed by atoms with E-state index in [0.29, 0.717) is 18.2 Å². The van der Waals surface area contributed by atoms with Gasteiger partial charge in [-0.3, -0.25) is 4.99 Å². The van der Waals surface area contributed by atoms with Crippen LogP contribution >= 0.6 is 35.7 Å². The van der Waals surface area contributed by atoms with E-state index >= 15 is 0 Å². The molecule has 3 N–H and O–H groups in total. The second kappa shape index (κ2) is 12.0. The van der Waals surface area contributed by atoms with Crippen molar-refractivity contribution in [1.29, 1.82) is 0 Å². The van der Waals surface area contributed by atoms with E-state index in [1.807, 2.05) is 42.1 Å². The van der Waals surface area contributed by atoms with Crippen LogP contribution in [0.25, 0.3) is 0 Å². The largest absolute Gasteiger partial charge is 0.391 e. The maximum atomic E-state index is 10.1. The second-order valence-corrected chi connectivity index (χ2v) is 6.99. The van der Waals surface area contributed by atoms with Crippen molar-refractivity contribution in [3.63, 3.8) is 0 Å². The van der Waals surface area contributed by atoms with E-state index < -0.39 is 6.10 Å². The predicted octanol–water partition coefficient (Wildman–Crippen LogP) is 2.66. The number of aliphatic hydroxyl groups excluding tert-OH is 1. The van der Waals surface area contributed by atoms with Crippen molar-refractivity contribution in [3.05, 3.63) is 35.9 Å². The van der Waals surface area contributed by atoms with E-state index in [2.05, 4.69) is 22.5 Å². The fourth-order valence-corrected chi connectivity index (χ4v) is 3.71. The monoisotopic (exact) mass is 449 g/mol. The summed E-state index contributed by atoms with van der Waals surface area (Å²) in [5, 5.41) is 17.5. The molecule has 1 heterocycles. The van der Waals surface area contributed by atoms with Gasteiger partial charge in [-0.05, 0) is 31.1 Å². The molecule has 1 saturated heterocycles. The summed E-state index contributed by atoms with van der Waals surface area (Å²) in [6, 6.07) is 10.1. The van der Waals surface area contributed by atoms with Gasteiger partial charge in [0.15, 0.2) is 5.96 Å². The third kappa shape index (κ3) is 8.26. The number of aliphatic imine (C=N–C) groups is 1. The molecule has 1 fully saturated rings. The summed E-state index contributed by atoms with van der Waals surface area (Å²) in [6.45, 7) is 4.26. The topological polar surface area (TPSA) is 56.7 Å². The summed E-state index contributed by atoms with van der Waals surface area (Å²) >= 11 is 2.03. The van der Waals surface area contributed by atoms with Crippen LogP contribution in [0.1, 0.15) is 25.3 Å². The second-order valence-electron chi connectivity index (χ2n) is 5.58. The van der Waals surface area contributed by atoms with E-state index in [-0.39, 0.29) is 24.0 Å². The fourth-order valence-electron chi connectivity index (χ4n) is 2.50. The van der Waals surface area contributed by atoms with E-state index in [1.165, 1.54) is 18.6 Å². The first kappa shape index (κ1) is 20.6. The molecule has 0 spiro atoms. The summed E-state index contributed by atoms with van der Waals surface area (Å²) in [4.78, 5) is 4.51. The van der Waals surface area contributed by atoms with Gasteiger partial charge in [0.2, 0.25) is 0 Å². The Morgan fingerprint density at radius 2 is 2.13 bits per heavy atom. The van der Waals surface area contributed by atoms with Gasteiger partial charge in [-0.25, -0.2) is 0 Å². The Bertz CT molecular complexity index is 452. The van der Waals surface area contributed by atoms with Crippen LogP contribution in [-0.4, -0.2) is 47.8 Å². The molecule has 0 bridgehead atoms. The zero-order valence-electron chi connectivity index (χ0n) is 13.7.